The van der Waals surface area contributed by atoms with Gasteiger partial charge in [0.1, 0.15) is 0 Å². The number of benzene rings is 2. The van der Waals surface area contributed by atoms with E-state index in [0.717, 1.165) is 28.6 Å². The van der Waals surface area contributed by atoms with Gasteiger partial charge in [-0.2, -0.15) is 0 Å². The summed E-state index contributed by atoms with van der Waals surface area (Å²) in [6.45, 7) is 1.48. The highest BCUT2D eigenvalue weighted by Crippen LogP contribution is 2.29. The zero-order valence-corrected chi connectivity index (χ0v) is 16.5. The van der Waals surface area contributed by atoms with Crippen LogP contribution in [0.25, 0.3) is 16.8 Å². The lowest BCUT2D eigenvalue weighted by molar-refractivity contribution is -0.127. The van der Waals surface area contributed by atoms with Crippen molar-refractivity contribution < 1.29 is 4.79 Å². The van der Waals surface area contributed by atoms with Gasteiger partial charge in [0.25, 0.3) is 0 Å². The number of rotatable bonds is 5. The summed E-state index contributed by atoms with van der Waals surface area (Å²) in [4.78, 5) is 19.1. The molecule has 0 saturated heterocycles. The highest BCUT2D eigenvalue weighted by atomic mass is 32.2. The fourth-order valence-electron chi connectivity index (χ4n) is 3.09. The van der Waals surface area contributed by atoms with Crippen LogP contribution in [0.5, 0.6) is 0 Å². The molecule has 3 aromatic rings. The standard InChI is InChI=1S/C22H20N2OS2/c25-21(24-13-11-18(12-14-24)17-7-3-1-4-8-17)16-27-22-23-20(15-26-22)19-9-5-2-6-10-19/h1-11,15H,12-14,16H2. The predicted molar refractivity (Wildman–Crippen MR) is 114 cm³/mol. The van der Waals surface area contributed by atoms with Gasteiger partial charge < -0.3 is 4.90 Å². The number of carbonyl (C=O) groups excluding carboxylic acids is 1. The first kappa shape index (κ1) is 18.0. The highest BCUT2D eigenvalue weighted by molar-refractivity contribution is 8.01. The Morgan fingerprint density at radius 1 is 1.04 bits per heavy atom. The Balaban J connectivity index is 1.32. The first-order chi connectivity index (χ1) is 13.3. The maximum Gasteiger partial charge on any atom is 0.233 e. The van der Waals surface area contributed by atoms with Gasteiger partial charge >= 0.3 is 0 Å². The molecule has 27 heavy (non-hydrogen) atoms. The number of aromatic nitrogens is 1. The van der Waals surface area contributed by atoms with E-state index in [9.17, 15) is 4.79 Å². The smallest absolute Gasteiger partial charge is 0.233 e. The molecule has 1 amide bonds. The molecule has 0 unspecified atom stereocenters. The molecule has 0 radical (unpaired) electrons. The lowest BCUT2D eigenvalue weighted by Gasteiger charge is -2.26. The topological polar surface area (TPSA) is 33.2 Å². The van der Waals surface area contributed by atoms with Gasteiger partial charge in [-0.3, -0.25) is 4.79 Å². The van der Waals surface area contributed by atoms with Crippen molar-refractivity contribution in [2.45, 2.75) is 10.8 Å². The van der Waals surface area contributed by atoms with E-state index in [1.807, 2.05) is 29.2 Å². The summed E-state index contributed by atoms with van der Waals surface area (Å²) in [5.41, 5.74) is 4.68. The molecule has 0 fully saturated rings. The van der Waals surface area contributed by atoms with Crippen LogP contribution in [0, 0.1) is 0 Å². The summed E-state index contributed by atoms with van der Waals surface area (Å²) in [5, 5.41) is 2.05. The van der Waals surface area contributed by atoms with Crippen molar-refractivity contribution in [2.24, 2.45) is 0 Å². The largest absolute Gasteiger partial charge is 0.338 e. The molecule has 0 saturated carbocycles. The van der Waals surface area contributed by atoms with Gasteiger partial charge in [0.2, 0.25) is 5.91 Å². The minimum Gasteiger partial charge on any atom is -0.338 e. The molecule has 0 atom stereocenters. The number of hydrogen-bond acceptors (Lipinski definition) is 4. The number of nitrogens with zero attached hydrogens (tertiary/aromatic N) is 2. The van der Waals surface area contributed by atoms with Crippen LogP contribution in [0.1, 0.15) is 12.0 Å². The molecule has 1 aliphatic heterocycles. The second-order valence-corrected chi connectivity index (χ2v) is 8.42. The quantitative estimate of drug-likeness (QED) is 0.558. The highest BCUT2D eigenvalue weighted by Gasteiger charge is 2.18. The van der Waals surface area contributed by atoms with E-state index < -0.39 is 0 Å². The Hall–Kier alpha value is -2.37. The number of amides is 1. The lowest BCUT2D eigenvalue weighted by Crippen LogP contribution is -2.35. The van der Waals surface area contributed by atoms with E-state index in [2.05, 4.69) is 52.8 Å². The maximum atomic E-state index is 12.5. The van der Waals surface area contributed by atoms with Gasteiger partial charge in [-0.25, -0.2) is 4.98 Å². The molecule has 1 aromatic heterocycles. The predicted octanol–water partition coefficient (Wildman–Crippen LogP) is 5.22. The number of thiazole rings is 1. The fourth-order valence-corrected chi connectivity index (χ4v) is 4.83. The van der Waals surface area contributed by atoms with E-state index >= 15 is 0 Å². The maximum absolute atomic E-state index is 12.5. The first-order valence-electron chi connectivity index (χ1n) is 8.95. The summed E-state index contributed by atoms with van der Waals surface area (Å²) in [5.74, 6) is 0.621. The van der Waals surface area contributed by atoms with Gasteiger partial charge in [-0.15, -0.1) is 11.3 Å². The van der Waals surface area contributed by atoms with E-state index in [1.165, 1.54) is 22.9 Å². The molecule has 1 aliphatic rings. The van der Waals surface area contributed by atoms with E-state index in [0.29, 0.717) is 12.3 Å². The van der Waals surface area contributed by atoms with Crippen LogP contribution in [0.4, 0.5) is 0 Å². The Labute approximate surface area is 167 Å². The second kappa shape index (κ2) is 8.55. The Bertz CT molecular complexity index is 935. The molecular formula is C22H20N2OS2. The van der Waals surface area contributed by atoms with Crippen LogP contribution >= 0.6 is 23.1 Å². The van der Waals surface area contributed by atoms with Gasteiger partial charge in [0.15, 0.2) is 4.34 Å². The molecule has 5 heteroatoms. The molecule has 3 nitrogen and oxygen atoms in total. The van der Waals surface area contributed by atoms with Crippen LogP contribution in [0.2, 0.25) is 0 Å². The van der Waals surface area contributed by atoms with Crippen molar-refractivity contribution in [3.8, 4) is 11.3 Å². The van der Waals surface area contributed by atoms with Gasteiger partial charge in [-0.1, -0.05) is 78.5 Å². The van der Waals surface area contributed by atoms with E-state index in [1.54, 1.807) is 11.3 Å². The number of hydrogen-bond donors (Lipinski definition) is 0. The molecular weight excluding hydrogens is 372 g/mol. The molecule has 0 spiro atoms. The molecule has 0 bridgehead atoms. The van der Waals surface area contributed by atoms with E-state index in [-0.39, 0.29) is 5.91 Å². The minimum atomic E-state index is 0.180. The van der Waals surface area contributed by atoms with Crippen molar-refractivity contribution in [1.82, 2.24) is 9.88 Å². The molecule has 4 rings (SSSR count). The van der Waals surface area contributed by atoms with Crippen LogP contribution in [0.3, 0.4) is 0 Å². The lowest BCUT2D eigenvalue weighted by atomic mass is 10.00. The molecule has 2 heterocycles. The van der Waals surface area contributed by atoms with Crippen molar-refractivity contribution in [3.63, 3.8) is 0 Å². The second-order valence-electron chi connectivity index (χ2n) is 6.34. The molecule has 136 valence electrons. The number of carbonyl (C=O) groups is 1. The van der Waals surface area contributed by atoms with Crippen LogP contribution < -0.4 is 0 Å². The summed E-state index contributed by atoms with van der Waals surface area (Å²) < 4.78 is 0.944. The fraction of sp³-hybridized carbons (Fsp3) is 0.182. The van der Waals surface area contributed by atoms with Gasteiger partial charge in [0.05, 0.1) is 11.4 Å². The van der Waals surface area contributed by atoms with Crippen molar-refractivity contribution in [1.29, 1.82) is 0 Å². The third kappa shape index (κ3) is 4.49. The summed E-state index contributed by atoms with van der Waals surface area (Å²) in [6.07, 6.45) is 3.09. The van der Waals surface area contributed by atoms with Crippen LogP contribution in [-0.2, 0) is 4.79 Å². The Morgan fingerprint density at radius 3 is 2.41 bits per heavy atom. The summed E-state index contributed by atoms with van der Waals surface area (Å²) >= 11 is 3.13. The summed E-state index contributed by atoms with van der Waals surface area (Å²) in [7, 11) is 0. The average Bonchev–Trinajstić information content (AvgIpc) is 3.22. The van der Waals surface area contributed by atoms with E-state index in [4.69, 9.17) is 0 Å². The van der Waals surface area contributed by atoms with Gasteiger partial charge in [0, 0.05) is 24.0 Å². The molecule has 0 N–H and O–H groups in total. The van der Waals surface area contributed by atoms with Crippen LogP contribution in [-0.4, -0.2) is 34.6 Å². The zero-order chi connectivity index (χ0) is 18.5. The van der Waals surface area contributed by atoms with Crippen molar-refractivity contribution in [3.05, 3.63) is 77.7 Å². The summed E-state index contributed by atoms with van der Waals surface area (Å²) in [6, 6.07) is 20.5. The minimum absolute atomic E-state index is 0.180. The average molecular weight is 393 g/mol. The number of thioether (sulfide) groups is 1. The zero-order valence-electron chi connectivity index (χ0n) is 14.9. The van der Waals surface area contributed by atoms with Gasteiger partial charge in [-0.05, 0) is 17.6 Å². The van der Waals surface area contributed by atoms with Crippen molar-refractivity contribution in [2.75, 3.05) is 18.8 Å². The SMILES string of the molecule is O=C(CSc1nc(-c2ccccc2)cs1)N1CC=C(c2ccccc2)CC1. The van der Waals surface area contributed by atoms with Crippen molar-refractivity contribution >= 4 is 34.6 Å². The molecule has 2 aromatic carbocycles. The Kier molecular flexibility index (Phi) is 5.70. The normalized spacial score (nSPS) is 14.1. The third-order valence-electron chi connectivity index (χ3n) is 4.58. The molecule has 0 aliphatic carbocycles. The van der Waals surface area contributed by atoms with Crippen LogP contribution in [0.15, 0.2) is 76.5 Å². The first-order valence-corrected chi connectivity index (χ1v) is 10.8. The Morgan fingerprint density at radius 2 is 1.74 bits per heavy atom. The monoisotopic (exact) mass is 392 g/mol. The third-order valence-corrected chi connectivity index (χ3v) is 6.58.